The lowest BCUT2D eigenvalue weighted by Crippen LogP contribution is -2.46. The molecule has 1 aliphatic heterocycles. The Kier molecular flexibility index (Phi) is 12.1. The highest BCUT2D eigenvalue weighted by molar-refractivity contribution is 14.0. The molecule has 1 fully saturated rings. The molecule has 1 saturated heterocycles. The molecule has 1 unspecified atom stereocenters. The summed E-state index contributed by atoms with van der Waals surface area (Å²) < 4.78 is 25.2. The van der Waals surface area contributed by atoms with E-state index in [0.29, 0.717) is 17.3 Å². The van der Waals surface area contributed by atoms with Crippen LogP contribution in [0.3, 0.4) is 0 Å². The third-order valence-electron chi connectivity index (χ3n) is 5.40. The van der Waals surface area contributed by atoms with Gasteiger partial charge in [-0.1, -0.05) is 32.0 Å². The van der Waals surface area contributed by atoms with Gasteiger partial charge in [-0.2, -0.15) is 0 Å². The Balaban J connectivity index is 0.00000420. The molecule has 0 bridgehead atoms. The molecule has 0 aliphatic carbocycles. The summed E-state index contributed by atoms with van der Waals surface area (Å²) in [6, 6.07) is 8.45. The van der Waals surface area contributed by atoms with Gasteiger partial charge in [0.2, 0.25) is 0 Å². The topological polar surface area (TPSA) is 73.8 Å². The van der Waals surface area contributed by atoms with Crippen molar-refractivity contribution >= 4 is 39.8 Å². The summed E-state index contributed by atoms with van der Waals surface area (Å²) in [7, 11) is -1.60. The van der Waals surface area contributed by atoms with Gasteiger partial charge in [0, 0.05) is 19.6 Å². The lowest BCUT2D eigenvalue weighted by Gasteiger charge is -2.30. The maximum Gasteiger partial charge on any atom is 0.191 e. The molecule has 29 heavy (non-hydrogen) atoms. The van der Waals surface area contributed by atoms with E-state index in [0.717, 1.165) is 25.4 Å². The standard InChI is InChI=1S/C21H36N4O2S.HI/c1-4-19(17-28(26,27)20-9-6-5-7-10-20)24-21(22-3)23-13-8-14-25-15-11-18(2)12-16-25;/h5-7,9-10,18-19H,4,8,11-17H2,1-3H3,(H2,22,23,24);1H. The van der Waals surface area contributed by atoms with Gasteiger partial charge in [-0.25, -0.2) is 8.42 Å². The molecule has 1 atom stereocenters. The number of aliphatic imine (C=N–C) groups is 1. The first-order chi connectivity index (χ1) is 13.4. The van der Waals surface area contributed by atoms with Gasteiger partial charge in [0.25, 0.3) is 0 Å². The van der Waals surface area contributed by atoms with E-state index < -0.39 is 9.84 Å². The van der Waals surface area contributed by atoms with Crippen molar-refractivity contribution in [2.45, 2.75) is 50.5 Å². The molecule has 0 saturated carbocycles. The number of nitrogens with zero attached hydrogens (tertiary/aromatic N) is 2. The third kappa shape index (κ3) is 9.21. The van der Waals surface area contributed by atoms with Crippen LogP contribution in [0, 0.1) is 5.92 Å². The number of hydrogen-bond acceptors (Lipinski definition) is 4. The van der Waals surface area contributed by atoms with E-state index in [9.17, 15) is 8.42 Å². The smallest absolute Gasteiger partial charge is 0.191 e. The molecule has 166 valence electrons. The van der Waals surface area contributed by atoms with E-state index in [1.807, 2.05) is 13.0 Å². The van der Waals surface area contributed by atoms with Crippen molar-refractivity contribution in [3.05, 3.63) is 30.3 Å². The Labute approximate surface area is 193 Å². The van der Waals surface area contributed by atoms with E-state index in [1.165, 1.54) is 25.9 Å². The second-order valence-corrected chi connectivity index (χ2v) is 9.75. The summed E-state index contributed by atoms with van der Waals surface area (Å²) in [6.45, 7) is 8.64. The van der Waals surface area contributed by atoms with E-state index in [-0.39, 0.29) is 35.8 Å². The van der Waals surface area contributed by atoms with Crippen LogP contribution in [0.25, 0.3) is 0 Å². The number of benzene rings is 1. The van der Waals surface area contributed by atoms with Gasteiger partial charge in [-0.15, -0.1) is 24.0 Å². The minimum Gasteiger partial charge on any atom is -0.356 e. The molecule has 6 nitrogen and oxygen atoms in total. The summed E-state index contributed by atoms with van der Waals surface area (Å²) >= 11 is 0. The van der Waals surface area contributed by atoms with Gasteiger partial charge in [-0.3, -0.25) is 4.99 Å². The van der Waals surface area contributed by atoms with Crippen molar-refractivity contribution in [2.75, 3.05) is 39.0 Å². The first-order valence-corrected chi connectivity index (χ1v) is 12.1. The Morgan fingerprint density at radius 1 is 1.24 bits per heavy atom. The summed E-state index contributed by atoms with van der Waals surface area (Å²) in [5.74, 6) is 1.58. The Hall–Kier alpha value is -0.870. The van der Waals surface area contributed by atoms with Crippen LogP contribution >= 0.6 is 24.0 Å². The molecular weight excluding hydrogens is 499 g/mol. The van der Waals surface area contributed by atoms with Crippen molar-refractivity contribution in [2.24, 2.45) is 10.9 Å². The van der Waals surface area contributed by atoms with Gasteiger partial charge in [-0.05, 0) is 63.4 Å². The molecule has 8 heteroatoms. The molecular formula is C21H37IN4O2S. The Morgan fingerprint density at radius 2 is 1.90 bits per heavy atom. The fraction of sp³-hybridized carbons (Fsp3) is 0.667. The van der Waals surface area contributed by atoms with Gasteiger partial charge >= 0.3 is 0 Å². The van der Waals surface area contributed by atoms with Gasteiger partial charge < -0.3 is 15.5 Å². The zero-order valence-corrected chi connectivity index (χ0v) is 21.1. The van der Waals surface area contributed by atoms with Crippen LogP contribution in [-0.2, 0) is 9.84 Å². The molecule has 1 aromatic carbocycles. The predicted molar refractivity (Wildman–Crippen MR) is 132 cm³/mol. The molecule has 1 heterocycles. The fourth-order valence-corrected chi connectivity index (χ4v) is 5.05. The average molecular weight is 537 g/mol. The number of halogens is 1. The number of nitrogens with one attached hydrogen (secondary N) is 2. The van der Waals surface area contributed by atoms with Crippen molar-refractivity contribution in [1.29, 1.82) is 0 Å². The summed E-state index contributed by atoms with van der Waals surface area (Å²) in [4.78, 5) is 7.16. The lowest BCUT2D eigenvalue weighted by atomic mass is 9.99. The maximum atomic E-state index is 12.6. The van der Waals surface area contributed by atoms with E-state index in [2.05, 4.69) is 27.4 Å². The predicted octanol–water partition coefficient (Wildman–Crippen LogP) is 3.14. The molecule has 1 aromatic rings. The van der Waals surface area contributed by atoms with Crippen molar-refractivity contribution in [1.82, 2.24) is 15.5 Å². The number of piperidine rings is 1. The van der Waals surface area contributed by atoms with E-state index >= 15 is 0 Å². The summed E-state index contributed by atoms with van der Waals surface area (Å²) in [5.41, 5.74) is 0. The van der Waals surface area contributed by atoms with Crippen LogP contribution in [0.15, 0.2) is 40.2 Å². The molecule has 0 spiro atoms. The van der Waals surface area contributed by atoms with E-state index in [1.54, 1.807) is 31.3 Å². The SMILES string of the molecule is CCC(CS(=O)(=O)c1ccccc1)NC(=NC)NCCCN1CCC(C)CC1.I. The van der Waals surface area contributed by atoms with Crippen LogP contribution in [0.2, 0.25) is 0 Å². The maximum absolute atomic E-state index is 12.6. The molecule has 0 amide bonds. The van der Waals surface area contributed by atoms with Crippen molar-refractivity contribution in [3.8, 4) is 0 Å². The second-order valence-electron chi connectivity index (χ2n) is 7.72. The van der Waals surface area contributed by atoms with Crippen LogP contribution in [0.5, 0.6) is 0 Å². The molecule has 0 radical (unpaired) electrons. The van der Waals surface area contributed by atoms with Crippen LogP contribution in [-0.4, -0.2) is 64.3 Å². The normalized spacial score (nSPS) is 17.4. The molecule has 2 rings (SSSR count). The minimum absolute atomic E-state index is 0. The van der Waals surface area contributed by atoms with Gasteiger partial charge in [0.1, 0.15) is 0 Å². The Morgan fingerprint density at radius 3 is 2.48 bits per heavy atom. The second kappa shape index (κ2) is 13.4. The highest BCUT2D eigenvalue weighted by atomic mass is 127. The monoisotopic (exact) mass is 536 g/mol. The first kappa shape index (κ1) is 26.2. The fourth-order valence-electron chi connectivity index (χ4n) is 3.43. The van der Waals surface area contributed by atoms with E-state index in [4.69, 9.17) is 0 Å². The third-order valence-corrected chi connectivity index (χ3v) is 7.23. The first-order valence-electron chi connectivity index (χ1n) is 10.4. The number of likely N-dealkylation sites (tertiary alicyclic amines) is 1. The summed E-state index contributed by atoms with van der Waals surface area (Å²) in [6.07, 6.45) is 4.35. The average Bonchev–Trinajstić information content (AvgIpc) is 2.71. The largest absolute Gasteiger partial charge is 0.356 e. The molecule has 2 N–H and O–H groups in total. The quantitative estimate of drug-likeness (QED) is 0.220. The van der Waals surface area contributed by atoms with Crippen molar-refractivity contribution < 1.29 is 8.42 Å². The zero-order chi connectivity index (χ0) is 20.4. The number of sulfone groups is 1. The van der Waals surface area contributed by atoms with Crippen LogP contribution in [0.1, 0.15) is 39.5 Å². The van der Waals surface area contributed by atoms with Crippen LogP contribution < -0.4 is 10.6 Å². The summed E-state index contributed by atoms with van der Waals surface area (Å²) in [5, 5.41) is 6.60. The minimum atomic E-state index is -3.32. The lowest BCUT2D eigenvalue weighted by molar-refractivity contribution is 0.191. The highest BCUT2D eigenvalue weighted by Gasteiger charge is 2.21. The Bertz CT molecular complexity index is 705. The highest BCUT2D eigenvalue weighted by Crippen LogP contribution is 2.15. The number of guanidine groups is 1. The van der Waals surface area contributed by atoms with Gasteiger partial charge in [0.05, 0.1) is 10.6 Å². The van der Waals surface area contributed by atoms with Crippen molar-refractivity contribution in [3.63, 3.8) is 0 Å². The van der Waals surface area contributed by atoms with Gasteiger partial charge in [0.15, 0.2) is 15.8 Å². The number of hydrogen-bond donors (Lipinski definition) is 2. The molecule has 1 aliphatic rings. The zero-order valence-electron chi connectivity index (χ0n) is 17.9. The molecule has 0 aromatic heterocycles. The number of rotatable bonds is 9. The van der Waals surface area contributed by atoms with Crippen LogP contribution in [0.4, 0.5) is 0 Å².